The summed E-state index contributed by atoms with van der Waals surface area (Å²) in [6.45, 7) is 0. The Balaban J connectivity index is 0.000000711. The number of aromatic nitrogens is 2. The average Bonchev–Trinajstić information content (AvgIpc) is 2.63. The van der Waals surface area contributed by atoms with E-state index in [0.717, 1.165) is 7.11 Å². The van der Waals surface area contributed by atoms with Gasteiger partial charge in [-0.2, -0.15) is 7.11 Å². The van der Waals surface area contributed by atoms with Gasteiger partial charge in [0.1, 0.15) is 23.0 Å². The van der Waals surface area contributed by atoms with Crippen molar-refractivity contribution >= 4 is 11.5 Å². The molecule has 0 aliphatic carbocycles. The second-order valence-electron chi connectivity index (χ2n) is 2.63. The van der Waals surface area contributed by atoms with Gasteiger partial charge in [0, 0.05) is 6.20 Å². The van der Waals surface area contributed by atoms with Crippen LogP contribution in [-0.4, -0.2) is 22.3 Å². The minimum atomic E-state index is -0.381. The van der Waals surface area contributed by atoms with Gasteiger partial charge >= 0.3 is 29.6 Å². The number of nitrogen functional groups attached to an aromatic ring is 1. The molecule has 2 aromatic heterocycles. The molecule has 0 spiro atoms. The molecule has 0 atom stereocenters. The standard InChI is InChI=1S/C8H7FN4.CH3O.Na/c9-5-1-2-7-12-3-6(8(10)11)13(7)4-5;1-2;/h1-4H,(H3,10,11);1H3;/q;-1;+1. The van der Waals surface area contributed by atoms with E-state index in [2.05, 4.69) is 4.98 Å². The van der Waals surface area contributed by atoms with E-state index >= 15 is 0 Å². The van der Waals surface area contributed by atoms with Crippen molar-refractivity contribution in [2.75, 3.05) is 7.11 Å². The van der Waals surface area contributed by atoms with E-state index in [9.17, 15) is 4.39 Å². The first-order valence-electron chi connectivity index (χ1n) is 4.06. The van der Waals surface area contributed by atoms with Crippen LogP contribution >= 0.6 is 0 Å². The van der Waals surface area contributed by atoms with Gasteiger partial charge in [0.25, 0.3) is 0 Å². The Bertz CT molecular complexity index is 485. The SMILES string of the molecule is C[O-].N=C(N)c1cnc2ccc(F)cn12.[Na+]. The zero-order chi connectivity index (χ0) is 11.4. The summed E-state index contributed by atoms with van der Waals surface area (Å²) in [7, 11) is 0.750. The van der Waals surface area contributed by atoms with E-state index in [1.165, 1.54) is 28.9 Å². The number of nitrogens with two attached hydrogens (primary N) is 1. The van der Waals surface area contributed by atoms with Crippen molar-refractivity contribution in [1.82, 2.24) is 9.38 Å². The van der Waals surface area contributed by atoms with Crippen molar-refractivity contribution in [3.05, 3.63) is 36.0 Å². The molecule has 5 nitrogen and oxygen atoms in total. The summed E-state index contributed by atoms with van der Waals surface area (Å²) in [6.07, 6.45) is 2.69. The molecule has 0 aromatic carbocycles. The summed E-state index contributed by atoms with van der Waals surface area (Å²) in [5, 5.41) is 15.4. The second kappa shape index (κ2) is 6.59. The molecule has 0 saturated heterocycles. The molecule has 2 heterocycles. The molecule has 0 aliphatic heterocycles. The molecule has 0 fully saturated rings. The van der Waals surface area contributed by atoms with Crippen LogP contribution in [0.5, 0.6) is 0 Å². The summed E-state index contributed by atoms with van der Waals surface area (Å²) in [5.41, 5.74) is 6.25. The average molecular weight is 232 g/mol. The molecule has 7 heteroatoms. The second-order valence-corrected chi connectivity index (χ2v) is 2.63. The third kappa shape index (κ3) is 3.02. The van der Waals surface area contributed by atoms with Gasteiger partial charge in [-0.1, -0.05) is 0 Å². The van der Waals surface area contributed by atoms with Crippen molar-refractivity contribution in [3.63, 3.8) is 0 Å². The van der Waals surface area contributed by atoms with Gasteiger partial charge in [-0.3, -0.25) is 9.81 Å². The molecule has 0 radical (unpaired) electrons. The van der Waals surface area contributed by atoms with Gasteiger partial charge in [0.2, 0.25) is 0 Å². The molecule has 80 valence electrons. The largest absolute Gasteiger partial charge is 1.00 e. The van der Waals surface area contributed by atoms with Crippen molar-refractivity contribution in [2.45, 2.75) is 0 Å². The smallest absolute Gasteiger partial charge is 0.857 e. The minimum absolute atomic E-state index is 0. The number of halogens is 1. The Morgan fingerprint density at radius 3 is 2.69 bits per heavy atom. The molecule has 0 unspecified atom stereocenters. The first-order valence-corrected chi connectivity index (χ1v) is 4.06. The normalized spacial score (nSPS) is 8.94. The Morgan fingerprint density at radius 1 is 1.50 bits per heavy atom. The van der Waals surface area contributed by atoms with Crippen LogP contribution in [0.4, 0.5) is 4.39 Å². The molecule has 3 N–H and O–H groups in total. The number of rotatable bonds is 1. The van der Waals surface area contributed by atoms with Crippen LogP contribution in [0.1, 0.15) is 5.69 Å². The summed E-state index contributed by atoms with van der Waals surface area (Å²) in [6, 6.07) is 2.84. The van der Waals surface area contributed by atoms with E-state index in [0.29, 0.717) is 11.3 Å². The molecule has 2 aromatic rings. The van der Waals surface area contributed by atoms with Crippen LogP contribution in [0.3, 0.4) is 0 Å². The Kier molecular flexibility index (Phi) is 6.20. The number of fused-ring (bicyclic) bond motifs is 1. The monoisotopic (exact) mass is 232 g/mol. The molecule has 0 bridgehead atoms. The number of imidazole rings is 1. The van der Waals surface area contributed by atoms with Crippen molar-refractivity contribution in [3.8, 4) is 0 Å². The van der Waals surface area contributed by atoms with Crippen molar-refractivity contribution in [2.24, 2.45) is 5.73 Å². The van der Waals surface area contributed by atoms with Gasteiger partial charge in [-0.25, -0.2) is 9.37 Å². The van der Waals surface area contributed by atoms with Crippen LogP contribution in [0, 0.1) is 11.2 Å². The van der Waals surface area contributed by atoms with E-state index in [-0.39, 0.29) is 41.2 Å². The molecule has 0 saturated carbocycles. The van der Waals surface area contributed by atoms with Crippen LogP contribution in [0.15, 0.2) is 24.5 Å². The fourth-order valence-corrected chi connectivity index (χ4v) is 1.15. The van der Waals surface area contributed by atoms with Gasteiger partial charge in [-0.15, -0.1) is 0 Å². The number of pyridine rings is 1. The maximum absolute atomic E-state index is 12.8. The van der Waals surface area contributed by atoms with Crippen LogP contribution in [0.25, 0.3) is 5.65 Å². The quantitative estimate of drug-likeness (QED) is 0.307. The van der Waals surface area contributed by atoms with Crippen LogP contribution in [-0.2, 0) is 0 Å². The fourth-order valence-electron chi connectivity index (χ4n) is 1.15. The number of nitrogens with one attached hydrogen (secondary N) is 1. The van der Waals surface area contributed by atoms with Gasteiger partial charge in [-0.05, 0) is 12.1 Å². The maximum Gasteiger partial charge on any atom is 1.00 e. The van der Waals surface area contributed by atoms with Gasteiger partial charge < -0.3 is 10.8 Å². The first kappa shape index (κ1) is 15.0. The number of nitrogens with zero attached hydrogens (tertiary/aromatic N) is 2. The number of hydrogen-bond donors (Lipinski definition) is 2. The van der Waals surface area contributed by atoms with E-state index in [1.807, 2.05) is 0 Å². The Labute approximate surface area is 114 Å². The molecule has 0 aliphatic rings. The first-order chi connectivity index (χ1) is 7.18. The number of hydrogen-bond acceptors (Lipinski definition) is 3. The Hall–Kier alpha value is -0.950. The summed E-state index contributed by atoms with van der Waals surface area (Å²) in [4.78, 5) is 3.96. The van der Waals surface area contributed by atoms with Gasteiger partial charge in [0.15, 0.2) is 0 Å². The summed E-state index contributed by atoms with van der Waals surface area (Å²) in [5.74, 6) is -0.508. The molecule has 0 amide bonds. The van der Waals surface area contributed by atoms with Crippen molar-refractivity contribution < 1.29 is 39.1 Å². The van der Waals surface area contributed by atoms with Crippen LogP contribution < -0.4 is 40.4 Å². The van der Waals surface area contributed by atoms with Crippen molar-refractivity contribution in [1.29, 1.82) is 5.41 Å². The molecular weight excluding hydrogens is 222 g/mol. The summed E-state index contributed by atoms with van der Waals surface area (Å²) >= 11 is 0. The zero-order valence-corrected chi connectivity index (χ0v) is 11.1. The molecule has 2 rings (SSSR count). The van der Waals surface area contributed by atoms with Gasteiger partial charge in [0.05, 0.1) is 6.20 Å². The Morgan fingerprint density at radius 2 is 2.12 bits per heavy atom. The fraction of sp³-hybridized carbons (Fsp3) is 0.111. The van der Waals surface area contributed by atoms with E-state index in [1.54, 1.807) is 0 Å². The third-order valence-electron chi connectivity index (χ3n) is 1.75. The molecule has 16 heavy (non-hydrogen) atoms. The minimum Gasteiger partial charge on any atom is -0.857 e. The molecular formula is C9H10FN4NaO. The predicted octanol–water partition coefficient (Wildman–Crippen LogP) is -3.26. The van der Waals surface area contributed by atoms with Crippen LogP contribution in [0.2, 0.25) is 0 Å². The van der Waals surface area contributed by atoms with E-state index in [4.69, 9.17) is 16.2 Å². The van der Waals surface area contributed by atoms with E-state index < -0.39 is 0 Å². The maximum atomic E-state index is 12.8. The third-order valence-corrected chi connectivity index (χ3v) is 1.75. The number of amidine groups is 1. The topological polar surface area (TPSA) is 90.2 Å². The predicted molar refractivity (Wildman–Crippen MR) is 52.1 cm³/mol. The zero-order valence-electron chi connectivity index (χ0n) is 9.07. The summed E-state index contributed by atoms with van der Waals surface area (Å²) < 4.78 is 14.2.